The first-order chi connectivity index (χ1) is 13.9. The first-order valence-electron chi connectivity index (χ1n) is 8.64. The van der Waals surface area contributed by atoms with E-state index >= 15 is 0 Å². The van der Waals surface area contributed by atoms with Crippen LogP contribution in [-0.4, -0.2) is 63.3 Å². The highest BCUT2D eigenvalue weighted by molar-refractivity contribution is 8.06. The van der Waals surface area contributed by atoms with E-state index in [1.165, 1.54) is 35.3 Å². The Labute approximate surface area is 175 Å². The molecule has 3 N–H and O–H groups in total. The van der Waals surface area contributed by atoms with Crippen LogP contribution in [0, 0.1) is 0 Å². The van der Waals surface area contributed by atoms with Gasteiger partial charge in [0.25, 0.3) is 11.8 Å². The van der Waals surface area contributed by atoms with Crippen molar-refractivity contribution in [3.05, 3.63) is 40.9 Å². The number of benzene rings is 1. The SMILES string of the molecule is CC(=O)NCSC1=C(C(=O)O)N2C(=O)C(NC(=O)COc3ccccc3)C2SC1. The number of hydrogen-bond donors (Lipinski definition) is 3. The van der Waals surface area contributed by atoms with Crippen LogP contribution in [0.4, 0.5) is 0 Å². The number of rotatable bonds is 8. The zero-order valence-corrected chi connectivity index (χ0v) is 17.0. The predicted octanol–water partition coefficient (Wildman–Crippen LogP) is 0.588. The number of fused-ring (bicyclic) bond motifs is 1. The molecule has 0 bridgehead atoms. The summed E-state index contributed by atoms with van der Waals surface area (Å²) < 4.78 is 5.36. The maximum Gasteiger partial charge on any atom is 0.353 e. The minimum Gasteiger partial charge on any atom is -0.484 e. The summed E-state index contributed by atoms with van der Waals surface area (Å²) >= 11 is 2.53. The third kappa shape index (κ3) is 4.85. The summed E-state index contributed by atoms with van der Waals surface area (Å²) in [6, 6.07) is 8.00. The average Bonchev–Trinajstić information content (AvgIpc) is 2.70. The number of carbonyl (C=O) groups is 4. The van der Waals surface area contributed by atoms with Crippen molar-refractivity contribution in [3.8, 4) is 5.75 Å². The molecule has 29 heavy (non-hydrogen) atoms. The van der Waals surface area contributed by atoms with Crippen LogP contribution in [0.5, 0.6) is 5.75 Å². The van der Waals surface area contributed by atoms with Crippen molar-refractivity contribution in [2.45, 2.75) is 18.3 Å². The van der Waals surface area contributed by atoms with Gasteiger partial charge in [0.05, 0.1) is 5.88 Å². The largest absolute Gasteiger partial charge is 0.484 e. The molecule has 0 saturated carbocycles. The van der Waals surface area contributed by atoms with Gasteiger partial charge in [-0.25, -0.2) is 4.79 Å². The van der Waals surface area contributed by atoms with Gasteiger partial charge in [0, 0.05) is 17.6 Å². The van der Waals surface area contributed by atoms with Crippen molar-refractivity contribution in [1.29, 1.82) is 0 Å². The molecule has 11 heteroatoms. The highest BCUT2D eigenvalue weighted by Gasteiger charge is 2.54. The second-order valence-corrected chi connectivity index (χ2v) is 8.33. The number of thioether (sulfide) groups is 2. The van der Waals surface area contributed by atoms with Crippen LogP contribution in [0.2, 0.25) is 0 Å². The van der Waals surface area contributed by atoms with Crippen molar-refractivity contribution >= 4 is 47.2 Å². The maximum absolute atomic E-state index is 12.5. The van der Waals surface area contributed by atoms with E-state index in [1.54, 1.807) is 24.3 Å². The third-order valence-electron chi connectivity index (χ3n) is 4.13. The number of β-lactam (4-membered cyclic amide) rings is 1. The number of hydrogen-bond acceptors (Lipinski definition) is 7. The zero-order chi connectivity index (χ0) is 21.0. The molecule has 3 amide bonds. The van der Waals surface area contributed by atoms with Gasteiger partial charge in [0.15, 0.2) is 6.61 Å². The lowest BCUT2D eigenvalue weighted by atomic mass is 10.1. The van der Waals surface area contributed by atoms with Crippen LogP contribution in [0.25, 0.3) is 0 Å². The van der Waals surface area contributed by atoms with Crippen molar-refractivity contribution in [3.63, 3.8) is 0 Å². The highest BCUT2D eigenvalue weighted by Crippen LogP contribution is 2.43. The summed E-state index contributed by atoms with van der Waals surface area (Å²) in [5.74, 6) is -1.26. The molecule has 2 atom stereocenters. The number of nitrogens with one attached hydrogen (secondary N) is 2. The first-order valence-corrected chi connectivity index (χ1v) is 10.7. The van der Waals surface area contributed by atoms with Crippen molar-refractivity contribution in [2.75, 3.05) is 18.2 Å². The van der Waals surface area contributed by atoms with Gasteiger partial charge in [-0.3, -0.25) is 19.3 Å². The van der Waals surface area contributed by atoms with E-state index in [1.807, 2.05) is 6.07 Å². The standard InChI is InChI=1S/C18H19N3O6S2/c1-10(22)19-9-29-12-8-28-17-14(16(24)21(17)15(12)18(25)26)20-13(23)7-27-11-5-3-2-4-6-11/h2-6,14,17H,7-9H2,1H3,(H,19,22)(H,20,23)(H,25,26). The molecule has 0 spiro atoms. The topological polar surface area (TPSA) is 125 Å². The van der Waals surface area contributed by atoms with Crippen LogP contribution in [-0.2, 0) is 19.2 Å². The Bertz CT molecular complexity index is 860. The van der Waals surface area contributed by atoms with E-state index in [4.69, 9.17) is 4.74 Å². The molecule has 2 unspecified atom stereocenters. The van der Waals surface area contributed by atoms with Gasteiger partial charge in [-0.1, -0.05) is 18.2 Å². The summed E-state index contributed by atoms with van der Waals surface area (Å²) in [4.78, 5) is 49.1. The van der Waals surface area contributed by atoms with Crippen LogP contribution in [0.3, 0.4) is 0 Å². The summed E-state index contributed by atoms with van der Waals surface area (Å²) in [5.41, 5.74) is -0.0971. The minimum absolute atomic E-state index is 0.0971. The summed E-state index contributed by atoms with van der Waals surface area (Å²) in [6.45, 7) is 1.12. The molecule has 1 fully saturated rings. The van der Waals surface area contributed by atoms with Crippen LogP contribution in [0.15, 0.2) is 40.9 Å². The molecule has 1 aromatic carbocycles. The smallest absolute Gasteiger partial charge is 0.353 e. The van der Waals surface area contributed by atoms with Gasteiger partial charge in [0.2, 0.25) is 5.91 Å². The lowest BCUT2D eigenvalue weighted by Gasteiger charge is -2.49. The molecule has 0 radical (unpaired) electrons. The summed E-state index contributed by atoms with van der Waals surface area (Å²) in [7, 11) is 0. The fraction of sp³-hybridized carbons (Fsp3) is 0.333. The Morgan fingerprint density at radius 3 is 2.69 bits per heavy atom. The normalized spacial score (nSPS) is 20.4. The summed E-state index contributed by atoms with van der Waals surface area (Å²) in [6.07, 6.45) is 0. The maximum atomic E-state index is 12.5. The number of para-hydroxylation sites is 1. The van der Waals surface area contributed by atoms with Crippen LogP contribution >= 0.6 is 23.5 Å². The van der Waals surface area contributed by atoms with Crippen molar-refractivity contribution < 1.29 is 29.0 Å². The second-order valence-electron chi connectivity index (χ2n) is 6.16. The molecule has 0 aliphatic carbocycles. The lowest BCUT2D eigenvalue weighted by Crippen LogP contribution is -2.70. The molecule has 0 aromatic heterocycles. The van der Waals surface area contributed by atoms with E-state index in [-0.39, 0.29) is 24.1 Å². The van der Waals surface area contributed by atoms with Gasteiger partial charge >= 0.3 is 5.97 Å². The third-order valence-corrected chi connectivity index (χ3v) is 6.57. The van der Waals surface area contributed by atoms with E-state index in [0.717, 1.165) is 0 Å². The molecular formula is C18H19N3O6S2. The Hall–Kier alpha value is -2.66. The van der Waals surface area contributed by atoms with Gasteiger partial charge in [0.1, 0.15) is 22.9 Å². The van der Waals surface area contributed by atoms with Crippen LogP contribution in [0.1, 0.15) is 6.92 Å². The molecular weight excluding hydrogens is 418 g/mol. The monoisotopic (exact) mass is 437 g/mol. The van der Waals surface area contributed by atoms with Gasteiger partial charge in [-0.05, 0) is 12.1 Å². The number of carboxylic acids is 1. The summed E-state index contributed by atoms with van der Waals surface area (Å²) in [5, 5.41) is 14.3. The molecule has 2 aliphatic rings. The first kappa shape index (κ1) is 21.1. The molecule has 1 saturated heterocycles. The molecule has 2 heterocycles. The molecule has 9 nitrogen and oxygen atoms in total. The number of amides is 3. The zero-order valence-electron chi connectivity index (χ0n) is 15.4. The Kier molecular flexibility index (Phi) is 6.70. The average molecular weight is 437 g/mol. The van der Waals surface area contributed by atoms with Crippen molar-refractivity contribution in [2.24, 2.45) is 0 Å². The number of nitrogens with zero attached hydrogens (tertiary/aromatic N) is 1. The predicted molar refractivity (Wildman–Crippen MR) is 108 cm³/mol. The number of ether oxygens (including phenoxy) is 1. The lowest BCUT2D eigenvalue weighted by molar-refractivity contribution is -0.150. The van der Waals surface area contributed by atoms with Gasteiger partial charge in [-0.15, -0.1) is 23.5 Å². The number of carboxylic acid groups (broad SMARTS) is 1. The van der Waals surface area contributed by atoms with Crippen LogP contribution < -0.4 is 15.4 Å². The molecule has 154 valence electrons. The fourth-order valence-corrected chi connectivity index (χ4v) is 5.31. The minimum atomic E-state index is -1.22. The van der Waals surface area contributed by atoms with E-state index in [9.17, 15) is 24.3 Å². The van der Waals surface area contributed by atoms with Crippen molar-refractivity contribution in [1.82, 2.24) is 15.5 Å². The quantitative estimate of drug-likeness (QED) is 0.399. The van der Waals surface area contributed by atoms with E-state index in [0.29, 0.717) is 16.4 Å². The number of aliphatic carboxylic acids is 1. The Morgan fingerprint density at radius 1 is 1.31 bits per heavy atom. The van der Waals surface area contributed by atoms with Gasteiger partial charge < -0.3 is 20.5 Å². The number of carbonyl (C=O) groups excluding carboxylic acids is 3. The van der Waals surface area contributed by atoms with Gasteiger partial charge in [-0.2, -0.15) is 0 Å². The molecule has 2 aliphatic heterocycles. The Balaban J connectivity index is 1.60. The molecule has 3 rings (SSSR count). The molecule has 1 aromatic rings. The Morgan fingerprint density at radius 2 is 2.03 bits per heavy atom. The van der Waals surface area contributed by atoms with E-state index < -0.39 is 29.2 Å². The fourth-order valence-electron chi connectivity index (χ4n) is 2.81. The highest BCUT2D eigenvalue weighted by atomic mass is 32.2. The second kappa shape index (κ2) is 9.23. The van der Waals surface area contributed by atoms with E-state index in [2.05, 4.69) is 10.6 Å².